The van der Waals surface area contributed by atoms with E-state index in [2.05, 4.69) is 25.9 Å². The molecule has 7 heteroatoms. The summed E-state index contributed by atoms with van der Waals surface area (Å²) in [6.07, 6.45) is 0. The lowest BCUT2D eigenvalue weighted by molar-refractivity contribution is -0.114. The summed E-state index contributed by atoms with van der Waals surface area (Å²) in [6, 6.07) is 15.4. The largest absolute Gasteiger partial charge is 0.350 e. The summed E-state index contributed by atoms with van der Waals surface area (Å²) in [6.45, 7) is 3.85. The maximum absolute atomic E-state index is 13.0. The number of aromatic nitrogens is 2. The summed E-state index contributed by atoms with van der Waals surface area (Å²) >= 11 is 0. The Kier molecular flexibility index (Phi) is 5.61. The van der Waals surface area contributed by atoms with Crippen LogP contribution < -0.4 is 16.0 Å². The second kappa shape index (κ2) is 8.27. The Balaban J connectivity index is 1.67. The van der Waals surface area contributed by atoms with E-state index in [9.17, 15) is 9.18 Å². The van der Waals surface area contributed by atoms with Crippen LogP contribution in [0.25, 0.3) is 0 Å². The van der Waals surface area contributed by atoms with E-state index in [0.29, 0.717) is 18.3 Å². The molecule has 3 rings (SSSR count). The second-order valence-corrected chi connectivity index (χ2v) is 6.08. The van der Waals surface area contributed by atoms with Crippen molar-refractivity contribution >= 4 is 29.0 Å². The van der Waals surface area contributed by atoms with Gasteiger partial charge in [0.1, 0.15) is 11.6 Å². The zero-order valence-electron chi connectivity index (χ0n) is 15.1. The average molecular weight is 365 g/mol. The van der Waals surface area contributed by atoms with Crippen molar-refractivity contribution in [3.8, 4) is 0 Å². The number of nitrogens with zero attached hydrogens (tertiary/aromatic N) is 2. The lowest BCUT2D eigenvalue weighted by atomic mass is 10.2. The SMILES string of the molecule is CC(=O)Nc1ccc(Nc2cc(C)nc(NCc3ccc(F)cc3)n2)cc1. The number of rotatable bonds is 6. The van der Waals surface area contributed by atoms with E-state index in [1.165, 1.54) is 19.1 Å². The first-order valence-corrected chi connectivity index (χ1v) is 8.46. The minimum Gasteiger partial charge on any atom is -0.350 e. The van der Waals surface area contributed by atoms with Gasteiger partial charge >= 0.3 is 0 Å². The summed E-state index contributed by atoms with van der Waals surface area (Å²) in [5, 5.41) is 9.09. The maximum Gasteiger partial charge on any atom is 0.225 e. The van der Waals surface area contributed by atoms with E-state index in [1.807, 2.05) is 37.3 Å². The van der Waals surface area contributed by atoms with Crippen LogP contribution in [0.2, 0.25) is 0 Å². The fourth-order valence-corrected chi connectivity index (χ4v) is 2.48. The highest BCUT2D eigenvalue weighted by molar-refractivity contribution is 5.88. The minimum absolute atomic E-state index is 0.112. The van der Waals surface area contributed by atoms with Crippen LogP contribution in [0.4, 0.5) is 27.5 Å². The fourth-order valence-electron chi connectivity index (χ4n) is 2.48. The molecule has 0 unspecified atom stereocenters. The molecule has 0 aliphatic heterocycles. The Bertz CT molecular complexity index is 926. The second-order valence-electron chi connectivity index (χ2n) is 6.08. The number of aryl methyl sites for hydroxylation is 1. The van der Waals surface area contributed by atoms with Crippen molar-refractivity contribution < 1.29 is 9.18 Å². The summed E-state index contributed by atoms with van der Waals surface area (Å²) in [4.78, 5) is 19.9. The molecule has 0 aliphatic carbocycles. The molecule has 0 atom stereocenters. The topological polar surface area (TPSA) is 78.9 Å². The molecule has 1 amide bonds. The van der Waals surface area contributed by atoms with Crippen molar-refractivity contribution in [2.75, 3.05) is 16.0 Å². The lowest BCUT2D eigenvalue weighted by Gasteiger charge is -2.11. The molecule has 6 nitrogen and oxygen atoms in total. The summed E-state index contributed by atoms with van der Waals surface area (Å²) in [5.41, 5.74) is 3.31. The van der Waals surface area contributed by atoms with Gasteiger partial charge in [0.2, 0.25) is 11.9 Å². The molecule has 3 N–H and O–H groups in total. The third kappa shape index (κ3) is 5.50. The van der Waals surface area contributed by atoms with E-state index in [4.69, 9.17) is 0 Å². The first-order chi connectivity index (χ1) is 13.0. The van der Waals surface area contributed by atoms with Crippen LogP contribution in [0.3, 0.4) is 0 Å². The van der Waals surface area contributed by atoms with Crippen LogP contribution in [0.5, 0.6) is 0 Å². The molecule has 0 bridgehead atoms. The van der Waals surface area contributed by atoms with Crippen LogP contribution >= 0.6 is 0 Å². The van der Waals surface area contributed by atoms with Gasteiger partial charge in [-0.05, 0) is 48.9 Å². The Morgan fingerprint density at radius 1 is 1.00 bits per heavy atom. The van der Waals surface area contributed by atoms with E-state index >= 15 is 0 Å². The summed E-state index contributed by atoms with van der Waals surface area (Å²) in [7, 11) is 0. The van der Waals surface area contributed by atoms with Gasteiger partial charge in [0.15, 0.2) is 0 Å². The van der Waals surface area contributed by atoms with Gasteiger partial charge in [-0.3, -0.25) is 4.79 Å². The number of anilines is 4. The fraction of sp³-hybridized carbons (Fsp3) is 0.150. The molecule has 0 radical (unpaired) electrons. The smallest absolute Gasteiger partial charge is 0.225 e. The summed E-state index contributed by atoms with van der Waals surface area (Å²) in [5.74, 6) is 0.758. The normalized spacial score (nSPS) is 10.3. The summed E-state index contributed by atoms with van der Waals surface area (Å²) < 4.78 is 13.0. The van der Waals surface area contributed by atoms with Gasteiger partial charge in [-0.25, -0.2) is 9.37 Å². The van der Waals surface area contributed by atoms with Crippen LogP contribution in [-0.2, 0) is 11.3 Å². The predicted molar refractivity (Wildman–Crippen MR) is 105 cm³/mol. The van der Waals surface area contributed by atoms with Crippen molar-refractivity contribution in [3.05, 3.63) is 71.7 Å². The molecule has 0 fully saturated rings. The van der Waals surface area contributed by atoms with E-state index < -0.39 is 0 Å². The van der Waals surface area contributed by atoms with Crippen LogP contribution in [0.15, 0.2) is 54.6 Å². The maximum atomic E-state index is 13.0. The highest BCUT2D eigenvalue weighted by Gasteiger charge is 2.04. The van der Waals surface area contributed by atoms with Gasteiger partial charge in [0.25, 0.3) is 0 Å². The monoisotopic (exact) mass is 365 g/mol. The number of hydrogen-bond acceptors (Lipinski definition) is 5. The van der Waals surface area contributed by atoms with Crippen LogP contribution in [0.1, 0.15) is 18.2 Å². The van der Waals surface area contributed by atoms with Gasteiger partial charge in [-0.2, -0.15) is 4.98 Å². The van der Waals surface area contributed by atoms with E-state index in [-0.39, 0.29) is 11.7 Å². The quantitative estimate of drug-likeness (QED) is 0.609. The molecule has 3 aromatic rings. The zero-order chi connectivity index (χ0) is 19.2. The molecule has 0 saturated carbocycles. The number of halogens is 1. The van der Waals surface area contributed by atoms with Crippen LogP contribution in [-0.4, -0.2) is 15.9 Å². The first kappa shape index (κ1) is 18.3. The molecular formula is C20H20FN5O. The van der Waals surface area contributed by atoms with Crippen molar-refractivity contribution in [2.24, 2.45) is 0 Å². The number of nitrogens with one attached hydrogen (secondary N) is 3. The highest BCUT2D eigenvalue weighted by atomic mass is 19.1. The van der Waals surface area contributed by atoms with Gasteiger partial charge in [-0.15, -0.1) is 0 Å². The average Bonchev–Trinajstić information content (AvgIpc) is 2.62. The number of hydrogen-bond donors (Lipinski definition) is 3. The predicted octanol–water partition coefficient (Wildman–Crippen LogP) is 4.24. The van der Waals surface area contributed by atoms with E-state index in [1.54, 1.807) is 12.1 Å². The van der Waals surface area contributed by atoms with E-state index in [0.717, 1.165) is 22.6 Å². The Morgan fingerprint density at radius 2 is 1.67 bits per heavy atom. The van der Waals surface area contributed by atoms with Gasteiger partial charge < -0.3 is 16.0 Å². The number of carbonyl (C=O) groups excluding carboxylic acids is 1. The third-order valence-electron chi connectivity index (χ3n) is 3.70. The first-order valence-electron chi connectivity index (χ1n) is 8.46. The molecule has 1 aromatic heterocycles. The highest BCUT2D eigenvalue weighted by Crippen LogP contribution is 2.19. The molecule has 1 heterocycles. The van der Waals surface area contributed by atoms with Gasteiger partial charge in [-0.1, -0.05) is 12.1 Å². The van der Waals surface area contributed by atoms with Gasteiger partial charge in [0, 0.05) is 36.6 Å². The van der Waals surface area contributed by atoms with Crippen molar-refractivity contribution in [3.63, 3.8) is 0 Å². The molecule has 2 aromatic carbocycles. The Hall–Kier alpha value is -3.48. The van der Waals surface area contributed by atoms with Crippen molar-refractivity contribution in [1.82, 2.24) is 9.97 Å². The Morgan fingerprint density at radius 3 is 2.33 bits per heavy atom. The minimum atomic E-state index is -0.262. The number of carbonyl (C=O) groups is 1. The molecule has 0 aliphatic rings. The van der Waals surface area contributed by atoms with Crippen molar-refractivity contribution in [1.29, 1.82) is 0 Å². The molecule has 27 heavy (non-hydrogen) atoms. The number of amides is 1. The zero-order valence-corrected chi connectivity index (χ0v) is 15.1. The molecule has 0 spiro atoms. The lowest BCUT2D eigenvalue weighted by Crippen LogP contribution is -2.07. The third-order valence-corrected chi connectivity index (χ3v) is 3.70. The van der Waals surface area contributed by atoms with Crippen LogP contribution in [0, 0.1) is 12.7 Å². The molecule has 0 saturated heterocycles. The molecule has 138 valence electrons. The van der Waals surface area contributed by atoms with Gasteiger partial charge in [0.05, 0.1) is 0 Å². The standard InChI is InChI=1S/C20H20FN5O/c1-13-11-19(25-18-9-7-17(8-10-18)24-14(2)27)26-20(23-13)22-12-15-3-5-16(21)6-4-15/h3-11H,12H2,1-2H3,(H,24,27)(H2,22,23,25,26). The number of benzene rings is 2. The molecular weight excluding hydrogens is 345 g/mol. The Labute approximate surface area is 156 Å². The van der Waals surface area contributed by atoms with Crippen molar-refractivity contribution in [2.45, 2.75) is 20.4 Å².